The summed E-state index contributed by atoms with van der Waals surface area (Å²) in [5, 5.41) is 0. The molecule has 0 aromatic heterocycles. The molecule has 3 aliphatic rings. The number of sulfone groups is 1. The van der Waals surface area contributed by atoms with Crippen LogP contribution in [-0.4, -0.2) is 82.0 Å². The summed E-state index contributed by atoms with van der Waals surface area (Å²) < 4.78 is 29.0. The van der Waals surface area contributed by atoms with Crippen molar-refractivity contribution in [3.63, 3.8) is 0 Å². The van der Waals surface area contributed by atoms with Crippen molar-refractivity contribution in [2.45, 2.75) is 55.9 Å². The van der Waals surface area contributed by atoms with Gasteiger partial charge < -0.3 is 14.5 Å². The van der Waals surface area contributed by atoms with Crippen LogP contribution in [0.25, 0.3) is 0 Å². The molecule has 3 fully saturated rings. The van der Waals surface area contributed by atoms with Gasteiger partial charge in [0.1, 0.15) is 5.60 Å². The highest BCUT2D eigenvalue weighted by Crippen LogP contribution is 2.35. The first kappa shape index (κ1) is 23.4. The number of rotatable bonds is 6. The van der Waals surface area contributed by atoms with Crippen molar-refractivity contribution >= 4 is 21.6 Å². The number of ether oxygens (including phenoxy) is 1. The van der Waals surface area contributed by atoms with Crippen molar-refractivity contribution in [1.29, 1.82) is 0 Å². The molecule has 7 nitrogen and oxygen atoms in total. The molecule has 0 bridgehead atoms. The van der Waals surface area contributed by atoms with E-state index >= 15 is 0 Å². The normalized spacial score (nSPS) is 22.4. The predicted octanol–water partition coefficient (Wildman–Crippen LogP) is 3.39. The van der Waals surface area contributed by atoms with Crippen LogP contribution in [0.4, 0.5) is 10.5 Å². The number of anilines is 1. The molecule has 0 atom stereocenters. The van der Waals surface area contributed by atoms with E-state index in [1.807, 2.05) is 24.0 Å². The molecule has 4 rings (SSSR count). The molecule has 8 heteroatoms. The zero-order valence-electron chi connectivity index (χ0n) is 19.5. The van der Waals surface area contributed by atoms with E-state index in [0.717, 1.165) is 83.6 Å². The molecule has 1 saturated carbocycles. The summed E-state index contributed by atoms with van der Waals surface area (Å²) in [4.78, 5) is 19.5. The van der Waals surface area contributed by atoms with E-state index in [0.29, 0.717) is 10.8 Å². The second-order valence-electron chi connectivity index (χ2n) is 9.99. The van der Waals surface area contributed by atoms with Crippen molar-refractivity contribution in [2.75, 3.05) is 57.0 Å². The summed E-state index contributed by atoms with van der Waals surface area (Å²) in [7, 11) is -3.15. The van der Waals surface area contributed by atoms with Gasteiger partial charge in [-0.1, -0.05) is 0 Å². The van der Waals surface area contributed by atoms with Crippen LogP contribution in [0.1, 0.15) is 45.4 Å². The Morgan fingerprint density at radius 2 is 1.66 bits per heavy atom. The third-order valence-corrected chi connectivity index (χ3v) is 8.60. The smallest absolute Gasteiger partial charge is 0.410 e. The van der Waals surface area contributed by atoms with Gasteiger partial charge in [-0.05, 0) is 82.2 Å². The minimum absolute atomic E-state index is 0.119. The van der Waals surface area contributed by atoms with Gasteiger partial charge in [0.25, 0.3) is 0 Å². The number of benzene rings is 1. The molecule has 178 valence electrons. The molecule has 1 aliphatic carbocycles. The fourth-order valence-corrected chi connectivity index (χ4v) is 5.59. The minimum atomic E-state index is -3.15. The number of nitrogens with zero attached hydrogens (tertiary/aromatic N) is 3. The zero-order chi connectivity index (χ0) is 22.8. The lowest BCUT2D eigenvalue weighted by Crippen LogP contribution is -2.47. The maximum absolute atomic E-state index is 12.4. The third-order valence-electron chi connectivity index (χ3n) is 7.47. The van der Waals surface area contributed by atoms with E-state index in [4.69, 9.17) is 4.74 Å². The highest BCUT2D eigenvalue weighted by molar-refractivity contribution is 7.90. The molecule has 1 aromatic rings. The summed E-state index contributed by atoms with van der Waals surface area (Å²) in [6, 6.07) is 7.23. The lowest BCUT2D eigenvalue weighted by atomic mass is 9.82. The van der Waals surface area contributed by atoms with Crippen LogP contribution in [-0.2, 0) is 14.6 Å². The number of piperazine rings is 1. The fourth-order valence-electron chi connectivity index (χ4n) is 4.96. The molecule has 1 amide bonds. The number of piperidine rings is 1. The van der Waals surface area contributed by atoms with E-state index in [-0.39, 0.29) is 11.7 Å². The van der Waals surface area contributed by atoms with Gasteiger partial charge in [0.05, 0.1) is 4.90 Å². The lowest BCUT2D eigenvalue weighted by Gasteiger charge is -2.40. The van der Waals surface area contributed by atoms with Crippen LogP contribution in [0.15, 0.2) is 29.2 Å². The Balaban J connectivity index is 1.15. The standard InChI is InChI=1S/C24H37N3O4S/c1-24(11-3-12-24)31-23(28)27-14-9-20(10-15-27)8-13-25-16-18-26(19-17-25)21-4-6-22(7-5-21)32(2,29)30/h4-7,20H,3,8-19H2,1-2H3. The Morgan fingerprint density at radius 1 is 1.03 bits per heavy atom. The van der Waals surface area contributed by atoms with Gasteiger partial charge in [-0.3, -0.25) is 4.90 Å². The Hall–Kier alpha value is -1.80. The Labute approximate surface area is 192 Å². The molecular formula is C24H37N3O4S. The highest BCUT2D eigenvalue weighted by atomic mass is 32.2. The third kappa shape index (κ3) is 5.76. The maximum atomic E-state index is 12.4. The van der Waals surface area contributed by atoms with Crippen LogP contribution in [0, 0.1) is 5.92 Å². The monoisotopic (exact) mass is 463 g/mol. The first-order valence-corrected chi connectivity index (χ1v) is 13.9. The van der Waals surface area contributed by atoms with Gasteiger partial charge in [-0.2, -0.15) is 0 Å². The number of hydrogen-bond acceptors (Lipinski definition) is 6. The molecule has 32 heavy (non-hydrogen) atoms. The highest BCUT2D eigenvalue weighted by Gasteiger charge is 2.37. The maximum Gasteiger partial charge on any atom is 0.410 e. The van der Waals surface area contributed by atoms with Crippen LogP contribution in [0.2, 0.25) is 0 Å². The molecule has 2 heterocycles. The van der Waals surface area contributed by atoms with E-state index in [1.165, 1.54) is 12.7 Å². The summed E-state index contributed by atoms with van der Waals surface area (Å²) >= 11 is 0. The van der Waals surface area contributed by atoms with Crippen LogP contribution in [0.3, 0.4) is 0 Å². The largest absolute Gasteiger partial charge is 0.443 e. The van der Waals surface area contributed by atoms with Crippen molar-refractivity contribution in [2.24, 2.45) is 5.92 Å². The summed E-state index contributed by atoms with van der Waals surface area (Å²) in [6.45, 7) is 8.75. The first-order chi connectivity index (χ1) is 15.2. The molecule has 1 aromatic carbocycles. The molecule has 0 unspecified atom stereocenters. The van der Waals surface area contributed by atoms with E-state index < -0.39 is 9.84 Å². The predicted molar refractivity (Wildman–Crippen MR) is 126 cm³/mol. The first-order valence-electron chi connectivity index (χ1n) is 12.0. The minimum Gasteiger partial charge on any atom is -0.443 e. The van der Waals surface area contributed by atoms with Gasteiger partial charge in [-0.15, -0.1) is 0 Å². The van der Waals surface area contributed by atoms with Gasteiger partial charge in [-0.25, -0.2) is 13.2 Å². The van der Waals surface area contributed by atoms with E-state index in [9.17, 15) is 13.2 Å². The molecular weight excluding hydrogens is 426 g/mol. The summed E-state index contributed by atoms with van der Waals surface area (Å²) in [5.41, 5.74) is 0.873. The Kier molecular flexibility index (Phi) is 7.00. The number of carbonyl (C=O) groups is 1. The quantitative estimate of drug-likeness (QED) is 0.644. The van der Waals surface area contributed by atoms with Crippen molar-refractivity contribution in [1.82, 2.24) is 9.80 Å². The molecule has 0 radical (unpaired) electrons. The average molecular weight is 464 g/mol. The molecule has 0 N–H and O–H groups in total. The molecule has 2 saturated heterocycles. The van der Waals surface area contributed by atoms with Crippen LogP contribution in [0.5, 0.6) is 0 Å². The second-order valence-corrected chi connectivity index (χ2v) is 12.0. The van der Waals surface area contributed by atoms with Crippen LogP contribution >= 0.6 is 0 Å². The Bertz CT molecular complexity index is 882. The van der Waals surface area contributed by atoms with Crippen molar-refractivity contribution < 1.29 is 17.9 Å². The second kappa shape index (κ2) is 9.59. The van der Waals surface area contributed by atoms with Gasteiger partial charge >= 0.3 is 6.09 Å². The number of hydrogen-bond donors (Lipinski definition) is 0. The number of likely N-dealkylation sites (tertiary alicyclic amines) is 1. The van der Waals surface area contributed by atoms with Crippen LogP contribution < -0.4 is 4.90 Å². The molecule has 2 aliphatic heterocycles. The average Bonchev–Trinajstić information content (AvgIpc) is 2.77. The Morgan fingerprint density at radius 3 is 2.19 bits per heavy atom. The number of amides is 1. The lowest BCUT2D eigenvalue weighted by molar-refractivity contribution is -0.0506. The van der Waals surface area contributed by atoms with Gasteiger partial charge in [0.2, 0.25) is 0 Å². The van der Waals surface area contributed by atoms with Crippen molar-refractivity contribution in [3.8, 4) is 0 Å². The molecule has 0 spiro atoms. The topological polar surface area (TPSA) is 70.2 Å². The van der Waals surface area contributed by atoms with E-state index in [2.05, 4.69) is 9.80 Å². The van der Waals surface area contributed by atoms with E-state index in [1.54, 1.807) is 12.1 Å². The van der Waals surface area contributed by atoms with Gasteiger partial charge in [0.15, 0.2) is 9.84 Å². The summed E-state index contributed by atoms with van der Waals surface area (Å²) in [5.74, 6) is 0.680. The van der Waals surface area contributed by atoms with Gasteiger partial charge in [0, 0.05) is 51.2 Å². The summed E-state index contributed by atoms with van der Waals surface area (Å²) in [6.07, 6.45) is 7.59. The fraction of sp³-hybridized carbons (Fsp3) is 0.708. The number of carbonyl (C=O) groups excluding carboxylic acids is 1. The SMILES string of the molecule is CC1(OC(=O)N2CCC(CCN3CCN(c4ccc(S(C)(=O)=O)cc4)CC3)CC2)CCC1. The zero-order valence-corrected chi connectivity index (χ0v) is 20.3. The van der Waals surface area contributed by atoms with Crippen molar-refractivity contribution in [3.05, 3.63) is 24.3 Å².